The second-order valence-electron chi connectivity index (χ2n) is 2.03. The molecule has 1 unspecified atom stereocenters. The van der Waals surface area contributed by atoms with Crippen LogP contribution in [0.3, 0.4) is 0 Å². The first kappa shape index (κ1) is 11.3. The molecular formula is C6H6ClF3O2. The first-order chi connectivity index (χ1) is 5.27. The fourth-order valence-electron chi connectivity index (χ4n) is 0.255. The van der Waals surface area contributed by atoms with Gasteiger partial charge >= 0.3 is 12.1 Å². The Morgan fingerprint density at radius 2 is 2.08 bits per heavy atom. The molecule has 0 aromatic carbocycles. The highest BCUT2D eigenvalue weighted by atomic mass is 35.5. The van der Waals surface area contributed by atoms with E-state index in [-0.39, 0.29) is 5.57 Å². The van der Waals surface area contributed by atoms with Crippen LogP contribution in [0.1, 0.15) is 6.92 Å². The van der Waals surface area contributed by atoms with Gasteiger partial charge in [0.2, 0.25) is 0 Å². The van der Waals surface area contributed by atoms with Gasteiger partial charge in [-0.25, -0.2) is 9.18 Å². The van der Waals surface area contributed by atoms with Gasteiger partial charge in [0.1, 0.15) is 0 Å². The van der Waals surface area contributed by atoms with E-state index in [2.05, 4.69) is 22.9 Å². The molecule has 0 aliphatic carbocycles. The molecule has 0 spiro atoms. The topological polar surface area (TPSA) is 26.3 Å². The zero-order valence-corrected chi connectivity index (χ0v) is 6.87. The highest BCUT2D eigenvalue weighted by Gasteiger charge is 2.43. The molecule has 0 aromatic heterocycles. The Hall–Kier alpha value is -0.710. The summed E-state index contributed by atoms with van der Waals surface area (Å²) in [6.45, 7) is 4.18. The predicted molar refractivity (Wildman–Crippen MR) is 36.6 cm³/mol. The normalized spacial score (nSPS) is 13.8. The third-order valence-electron chi connectivity index (χ3n) is 0.831. The minimum Gasteiger partial charge on any atom is -0.394 e. The molecule has 0 aromatic rings. The van der Waals surface area contributed by atoms with Gasteiger partial charge in [0.05, 0.1) is 0 Å². The van der Waals surface area contributed by atoms with E-state index in [0.29, 0.717) is 0 Å². The van der Waals surface area contributed by atoms with Gasteiger partial charge in [-0.05, 0) is 6.92 Å². The number of rotatable bonds is 3. The number of esters is 1. The van der Waals surface area contributed by atoms with E-state index in [1.807, 2.05) is 0 Å². The van der Waals surface area contributed by atoms with E-state index < -0.39 is 17.7 Å². The molecule has 70 valence electrons. The molecule has 2 nitrogen and oxygen atoms in total. The Morgan fingerprint density at radius 3 is 2.33 bits per heavy atom. The van der Waals surface area contributed by atoms with Crippen LogP contribution in [0.5, 0.6) is 0 Å². The summed E-state index contributed by atoms with van der Waals surface area (Å²) in [4.78, 5) is 10.4. The fraction of sp³-hybridized carbons (Fsp3) is 0.500. The van der Waals surface area contributed by atoms with Crippen molar-refractivity contribution in [3.63, 3.8) is 0 Å². The molecular weight excluding hydrogens is 197 g/mol. The number of carbonyl (C=O) groups is 1. The summed E-state index contributed by atoms with van der Waals surface area (Å²) < 4.78 is 39.5. The third-order valence-corrected chi connectivity index (χ3v) is 1.09. The highest BCUT2D eigenvalue weighted by molar-refractivity contribution is 6.20. The van der Waals surface area contributed by atoms with Crippen molar-refractivity contribution < 1.29 is 22.7 Å². The first-order valence-corrected chi connectivity index (χ1v) is 3.26. The van der Waals surface area contributed by atoms with Gasteiger partial charge in [-0.3, -0.25) is 0 Å². The van der Waals surface area contributed by atoms with Gasteiger partial charge in [0.25, 0.3) is 5.63 Å². The van der Waals surface area contributed by atoms with Crippen LogP contribution in [0.25, 0.3) is 0 Å². The predicted octanol–water partition coefficient (Wildman–Crippen LogP) is 2.23. The van der Waals surface area contributed by atoms with Crippen molar-refractivity contribution in [3.05, 3.63) is 12.2 Å². The van der Waals surface area contributed by atoms with Crippen molar-refractivity contribution in [2.24, 2.45) is 0 Å². The molecule has 0 radical (unpaired) electrons. The monoisotopic (exact) mass is 202 g/mol. The van der Waals surface area contributed by atoms with Crippen LogP contribution in [0, 0.1) is 0 Å². The SMILES string of the molecule is C=C(C)C(=O)OC(F)(F)C(F)Cl. The van der Waals surface area contributed by atoms with Crippen LogP contribution in [-0.2, 0) is 9.53 Å². The van der Waals surface area contributed by atoms with Gasteiger partial charge < -0.3 is 4.74 Å². The van der Waals surface area contributed by atoms with Crippen LogP contribution in [0.4, 0.5) is 13.2 Å². The zero-order valence-electron chi connectivity index (χ0n) is 6.11. The molecule has 0 aliphatic rings. The Labute approximate surface area is 71.9 Å². The second kappa shape index (κ2) is 3.80. The molecule has 0 amide bonds. The minimum absolute atomic E-state index is 0.257. The molecule has 0 saturated carbocycles. The van der Waals surface area contributed by atoms with Crippen LogP contribution < -0.4 is 0 Å². The van der Waals surface area contributed by atoms with Crippen molar-refractivity contribution in [3.8, 4) is 0 Å². The van der Waals surface area contributed by atoms with E-state index >= 15 is 0 Å². The van der Waals surface area contributed by atoms with Gasteiger partial charge in [-0.2, -0.15) is 8.78 Å². The average molecular weight is 203 g/mol. The van der Waals surface area contributed by atoms with E-state index in [9.17, 15) is 18.0 Å². The number of hydrogen-bond acceptors (Lipinski definition) is 2. The standard InChI is InChI=1S/C6H6ClF3O2/c1-3(2)4(11)12-6(9,10)5(7)8/h5H,1H2,2H3. The summed E-state index contributed by atoms with van der Waals surface area (Å²) in [6.07, 6.45) is -4.31. The zero-order chi connectivity index (χ0) is 9.94. The Bertz CT molecular complexity index is 203. The van der Waals surface area contributed by atoms with Crippen LogP contribution in [0.15, 0.2) is 12.2 Å². The van der Waals surface area contributed by atoms with Gasteiger partial charge in [0, 0.05) is 5.57 Å². The highest BCUT2D eigenvalue weighted by Crippen LogP contribution is 2.26. The molecule has 0 N–H and O–H groups in total. The Kier molecular flexibility index (Phi) is 3.57. The van der Waals surface area contributed by atoms with Crippen molar-refractivity contribution in [1.29, 1.82) is 0 Å². The number of alkyl halides is 4. The van der Waals surface area contributed by atoms with Crippen molar-refractivity contribution in [2.45, 2.75) is 18.7 Å². The Balaban J connectivity index is 4.25. The summed E-state index contributed by atoms with van der Waals surface area (Å²) >= 11 is 4.39. The quantitative estimate of drug-likeness (QED) is 0.399. The maximum absolute atomic E-state index is 12.2. The van der Waals surface area contributed by atoms with Gasteiger partial charge in [-0.15, -0.1) is 0 Å². The maximum atomic E-state index is 12.2. The molecule has 1 atom stereocenters. The third kappa shape index (κ3) is 3.13. The lowest BCUT2D eigenvalue weighted by Gasteiger charge is -2.15. The summed E-state index contributed by atoms with van der Waals surface area (Å²) in [6, 6.07) is 0. The number of carbonyl (C=O) groups excluding carboxylic acids is 1. The number of ether oxygens (including phenoxy) is 1. The molecule has 6 heteroatoms. The van der Waals surface area contributed by atoms with E-state index in [1.54, 1.807) is 0 Å². The largest absolute Gasteiger partial charge is 0.446 e. The smallest absolute Gasteiger partial charge is 0.394 e. The first-order valence-electron chi connectivity index (χ1n) is 2.82. The van der Waals surface area contributed by atoms with E-state index in [0.717, 1.165) is 6.92 Å². The Morgan fingerprint density at radius 1 is 1.67 bits per heavy atom. The number of hydrogen-bond donors (Lipinski definition) is 0. The molecule has 0 bridgehead atoms. The minimum atomic E-state index is -4.31. The van der Waals surface area contributed by atoms with Crippen molar-refractivity contribution in [1.82, 2.24) is 0 Å². The van der Waals surface area contributed by atoms with Gasteiger partial charge in [-0.1, -0.05) is 18.2 Å². The average Bonchev–Trinajstić information content (AvgIpc) is 1.85. The molecule has 0 aliphatic heterocycles. The lowest BCUT2D eigenvalue weighted by atomic mass is 10.4. The number of halogens is 4. The van der Waals surface area contributed by atoms with Gasteiger partial charge in [0.15, 0.2) is 0 Å². The molecule has 0 saturated heterocycles. The summed E-state index contributed by atoms with van der Waals surface area (Å²) in [5.41, 5.74) is -3.31. The van der Waals surface area contributed by atoms with E-state index in [1.165, 1.54) is 0 Å². The molecule has 0 rings (SSSR count). The molecule has 0 fully saturated rings. The lowest BCUT2D eigenvalue weighted by Crippen LogP contribution is -2.32. The summed E-state index contributed by atoms with van der Waals surface area (Å²) in [5, 5.41) is 0. The second-order valence-corrected chi connectivity index (χ2v) is 2.42. The van der Waals surface area contributed by atoms with Crippen LogP contribution >= 0.6 is 11.6 Å². The fourth-order valence-corrected chi connectivity index (χ4v) is 0.300. The molecule has 0 heterocycles. The lowest BCUT2D eigenvalue weighted by molar-refractivity contribution is -0.243. The van der Waals surface area contributed by atoms with Crippen LogP contribution in [0.2, 0.25) is 0 Å². The van der Waals surface area contributed by atoms with Crippen molar-refractivity contribution in [2.75, 3.05) is 0 Å². The van der Waals surface area contributed by atoms with Crippen molar-refractivity contribution >= 4 is 17.6 Å². The van der Waals surface area contributed by atoms with E-state index in [4.69, 9.17) is 0 Å². The van der Waals surface area contributed by atoms with Crippen LogP contribution in [-0.4, -0.2) is 17.7 Å². The molecule has 12 heavy (non-hydrogen) atoms. The summed E-state index contributed by atoms with van der Waals surface area (Å²) in [7, 11) is 0. The maximum Gasteiger partial charge on any atom is 0.446 e. The summed E-state index contributed by atoms with van der Waals surface area (Å²) in [5.74, 6) is -1.39.